The van der Waals surface area contributed by atoms with E-state index in [0.29, 0.717) is 47.8 Å². The van der Waals surface area contributed by atoms with Crippen molar-refractivity contribution in [3.8, 4) is 0 Å². The smallest absolute Gasteiger partial charge is 0.226 e. The van der Waals surface area contributed by atoms with Gasteiger partial charge in [0.25, 0.3) is 0 Å². The first-order valence-corrected chi connectivity index (χ1v) is 15.5. The summed E-state index contributed by atoms with van der Waals surface area (Å²) < 4.78 is 0. The molecule has 37 heavy (non-hydrogen) atoms. The predicted octanol–water partition coefficient (Wildman–Crippen LogP) is 6.37. The SMILES string of the molecule is C[C@H](CCC(=O)N1CCCc2ccccc21)[C@H]1CC[C@H]2[C@@H]3[C@H](O)C[C@@H]4C[C@H](O)CC[C@]4(C)[C@H]3CC[C@]12C. The molecule has 1 aliphatic heterocycles. The number of para-hydroxylation sites is 1. The van der Waals surface area contributed by atoms with Gasteiger partial charge in [0.1, 0.15) is 0 Å². The van der Waals surface area contributed by atoms with E-state index in [0.717, 1.165) is 57.2 Å². The molecule has 0 saturated heterocycles. The molecule has 5 aliphatic rings. The van der Waals surface area contributed by atoms with Crippen LogP contribution in [0.4, 0.5) is 5.69 Å². The Hall–Kier alpha value is -1.39. The minimum absolute atomic E-state index is 0.173. The van der Waals surface area contributed by atoms with Gasteiger partial charge in [-0.2, -0.15) is 0 Å². The Morgan fingerprint density at radius 3 is 2.62 bits per heavy atom. The van der Waals surface area contributed by atoms with Gasteiger partial charge in [0, 0.05) is 18.7 Å². The summed E-state index contributed by atoms with van der Waals surface area (Å²) >= 11 is 0. The average molecular weight is 508 g/mol. The van der Waals surface area contributed by atoms with Crippen LogP contribution < -0.4 is 4.90 Å². The standard InChI is InChI=1S/C33H49NO3/c1-21(10-13-30(37)34-18-6-8-22-7-4-5-9-28(22)34)25-11-12-26-31-27(15-17-33(25,26)3)32(2)16-14-24(35)19-23(32)20-29(31)36/h4-5,7,9,21,23-27,29,31,35-36H,6,8,10-20H2,1-3H3/t21-,23+,24-,25-,26+,27+,29-,31+,32+,33-/m1/s1. The van der Waals surface area contributed by atoms with E-state index in [-0.39, 0.29) is 23.0 Å². The van der Waals surface area contributed by atoms with E-state index in [1.165, 1.54) is 31.2 Å². The van der Waals surface area contributed by atoms with Gasteiger partial charge in [-0.25, -0.2) is 0 Å². The van der Waals surface area contributed by atoms with Crippen LogP contribution in [0.1, 0.15) is 97.0 Å². The van der Waals surface area contributed by atoms with Gasteiger partial charge >= 0.3 is 0 Å². The number of carbonyl (C=O) groups is 1. The summed E-state index contributed by atoms with van der Waals surface area (Å²) in [6.07, 6.45) is 12.2. The number of hydrogen-bond donors (Lipinski definition) is 2. The summed E-state index contributed by atoms with van der Waals surface area (Å²) in [6.45, 7) is 8.29. The first kappa shape index (κ1) is 25.9. The second-order valence-corrected chi connectivity index (χ2v) is 14.2. The lowest BCUT2D eigenvalue weighted by molar-refractivity contribution is -0.174. The van der Waals surface area contributed by atoms with Crippen molar-refractivity contribution in [1.82, 2.24) is 0 Å². The lowest BCUT2D eigenvalue weighted by Crippen LogP contribution is -2.58. The molecule has 10 atom stereocenters. The summed E-state index contributed by atoms with van der Waals surface area (Å²) in [5, 5.41) is 21.8. The number of carbonyl (C=O) groups excluding carboxylic acids is 1. The Morgan fingerprint density at radius 1 is 1.03 bits per heavy atom. The molecule has 4 heteroatoms. The first-order chi connectivity index (χ1) is 17.7. The number of rotatable bonds is 4. The van der Waals surface area contributed by atoms with Crippen molar-refractivity contribution >= 4 is 11.6 Å². The van der Waals surface area contributed by atoms with Crippen molar-refractivity contribution in [2.24, 2.45) is 46.3 Å². The quantitative estimate of drug-likeness (QED) is 0.498. The first-order valence-electron chi connectivity index (χ1n) is 15.5. The van der Waals surface area contributed by atoms with Gasteiger partial charge in [-0.05, 0) is 129 Å². The van der Waals surface area contributed by atoms with Crippen molar-refractivity contribution in [2.75, 3.05) is 11.4 Å². The van der Waals surface area contributed by atoms with E-state index in [1.807, 2.05) is 4.90 Å². The molecule has 1 aromatic rings. The van der Waals surface area contributed by atoms with Crippen molar-refractivity contribution in [3.63, 3.8) is 0 Å². The summed E-state index contributed by atoms with van der Waals surface area (Å²) in [5.74, 6) is 3.56. The van der Waals surface area contributed by atoms with Gasteiger partial charge in [-0.15, -0.1) is 0 Å². The Kier molecular flexibility index (Phi) is 6.75. The molecule has 1 heterocycles. The van der Waals surface area contributed by atoms with Crippen LogP contribution in [0.25, 0.3) is 0 Å². The molecule has 4 saturated carbocycles. The van der Waals surface area contributed by atoms with E-state index in [1.54, 1.807) is 0 Å². The molecule has 204 valence electrons. The molecular weight excluding hydrogens is 458 g/mol. The van der Waals surface area contributed by atoms with Gasteiger partial charge in [0.05, 0.1) is 12.2 Å². The fourth-order valence-electron chi connectivity index (χ4n) is 10.7. The Balaban J connectivity index is 1.13. The number of aliphatic hydroxyl groups is 2. The number of aryl methyl sites for hydroxylation is 1. The largest absolute Gasteiger partial charge is 0.393 e. The van der Waals surface area contributed by atoms with Gasteiger partial charge in [0.2, 0.25) is 5.91 Å². The zero-order valence-electron chi connectivity index (χ0n) is 23.4. The van der Waals surface area contributed by atoms with E-state index < -0.39 is 0 Å². The Bertz CT molecular complexity index is 1010. The summed E-state index contributed by atoms with van der Waals surface area (Å²) in [6, 6.07) is 8.43. The topological polar surface area (TPSA) is 60.8 Å². The van der Waals surface area contributed by atoms with E-state index in [9.17, 15) is 15.0 Å². The van der Waals surface area contributed by atoms with Crippen LogP contribution in [0, 0.1) is 46.3 Å². The summed E-state index contributed by atoms with van der Waals surface area (Å²) in [7, 11) is 0. The molecule has 0 unspecified atom stereocenters. The van der Waals surface area contributed by atoms with Gasteiger partial charge in [-0.3, -0.25) is 4.79 Å². The maximum absolute atomic E-state index is 13.3. The van der Waals surface area contributed by atoms with Crippen LogP contribution in [-0.4, -0.2) is 34.9 Å². The van der Waals surface area contributed by atoms with Crippen molar-refractivity contribution in [1.29, 1.82) is 0 Å². The number of benzene rings is 1. The molecule has 0 aromatic heterocycles. The molecule has 0 bridgehead atoms. The fraction of sp³-hybridized carbons (Fsp3) is 0.788. The molecule has 4 aliphatic carbocycles. The highest BCUT2D eigenvalue weighted by Gasteiger charge is 2.62. The highest BCUT2D eigenvalue weighted by molar-refractivity contribution is 5.94. The maximum Gasteiger partial charge on any atom is 0.226 e. The van der Waals surface area contributed by atoms with Gasteiger partial charge in [-0.1, -0.05) is 39.0 Å². The third-order valence-corrected chi connectivity index (χ3v) is 12.6. The van der Waals surface area contributed by atoms with E-state index in [4.69, 9.17) is 0 Å². The van der Waals surface area contributed by atoms with Crippen LogP contribution >= 0.6 is 0 Å². The zero-order valence-corrected chi connectivity index (χ0v) is 23.4. The molecule has 4 fully saturated rings. The van der Waals surface area contributed by atoms with Crippen molar-refractivity contribution in [3.05, 3.63) is 29.8 Å². The minimum atomic E-state index is -0.215. The van der Waals surface area contributed by atoms with Crippen LogP contribution in [0.15, 0.2) is 24.3 Å². The molecule has 0 radical (unpaired) electrons. The third-order valence-electron chi connectivity index (χ3n) is 12.6. The fourth-order valence-corrected chi connectivity index (χ4v) is 10.7. The van der Waals surface area contributed by atoms with Gasteiger partial charge in [0.15, 0.2) is 0 Å². The average Bonchev–Trinajstić information content (AvgIpc) is 3.25. The zero-order chi connectivity index (χ0) is 25.9. The number of amides is 1. The van der Waals surface area contributed by atoms with Crippen LogP contribution in [0.3, 0.4) is 0 Å². The highest BCUT2D eigenvalue weighted by Crippen LogP contribution is 2.68. The second kappa shape index (κ2) is 9.66. The molecule has 1 amide bonds. The molecule has 6 rings (SSSR count). The summed E-state index contributed by atoms with van der Waals surface area (Å²) in [4.78, 5) is 15.4. The van der Waals surface area contributed by atoms with Crippen LogP contribution in [0.2, 0.25) is 0 Å². The molecule has 2 N–H and O–H groups in total. The second-order valence-electron chi connectivity index (χ2n) is 14.2. The molecule has 1 aromatic carbocycles. The Morgan fingerprint density at radius 2 is 1.78 bits per heavy atom. The molecular formula is C33H49NO3. The lowest BCUT2D eigenvalue weighted by atomic mass is 9.43. The number of fused-ring (bicyclic) bond motifs is 6. The lowest BCUT2D eigenvalue weighted by Gasteiger charge is -2.62. The van der Waals surface area contributed by atoms with Crippen LogP contribution in [0.5, 0.6) is 0 Å². The van der Waals surface area contributed by atoms with Crippen molar-refractivity contribution < 1.29 is 15.0 Å². The number of hydrogen-bond acceptors (Lipinski definition) is 3. The number of aliphatic hydroxyl groups excluding tert-OH is 2. The number of nitrogens with zero attached hydrogens (tertiary/aromatic N) is 1. The maximum atomic E-state index is 13.3. The minimum Gasteiger partial charge on any atom is -0.393 e. The Labute approximate surface area is 224 Å². The van der Waals surface area contributed by atoms with E-state index in [2.05, 4.69) is 45.0 Å². The predicted molar refractivity (Wildman–Crippen MR) is 148 cm³/mol. The highest BCUT2D eigenvalue weighted by atomic mass is 16.3. The van der Waals surface area contributed by atoms with Gasteiger partial charge < -0.3 is 15.1 Å². The van der Waals surface area contributed by atoms with Crippen molar-refractivity contribution in [2.45, 2.75) is 110 Å². The monoisotopic (exact) mass is 507 g/mol. The molecule has 4 nitrogen and oxygen atoms in total. The summed E-state index contributed by atoms with van der Waals surface area (Å²) in [5.41, 5.74) is 3.00. The normalized spacial score (nSPS) is 43.8. The third kappa shape index (κ3) is 4.20. The molecule has 0 spiro atoms. The van der Waals surface area contributed by atoms with Crippen LogP contribution in [-0.2, 0) is 11.2 Å². The van der Waals surface area contributed by atoms with E-state index >= 15 is 0 Å². The number of anilines is 1.